The van der Waals surface area contributed by atoms with Gasteiger partial charge in [0, 0.05) is 37.8 Å². The van der Waals surface area contributed by atoms with Crippen LogP contribution >= 0.6 is 0 Å². The summed E-state index contributed by atoms with van der Waals surface area (Å²) in [6.45, 7) is 4.23. The molecule has 2 atom stereocenters. The van der Waals surface area contributed by atoms with E-state index in [4.69, 9.17) is 9.47 Å². The summed E-state index contributed by atoms with van der Waals surface area (Å²) in [7, 11) is 0. The van der Waals surface area contributed by atoms with Gasteiger partial charge in [-0.05, 0) is 38.5 Å². The maximum atomic E-state index is 12.7. The fourth-order valence-corrected chi connectivity index (χ4v) is 5.04. The zero-order valence-corrected chi connectivity index (χ0v) is 14.1. The Hall–Kier alpha value is -0.810. The molecule has 2 amide bonds. The molecule has 23 heavy (non-hydrogen) atoms. The van der Waals surface area contributed by atoms with Crippen molar-refractivity contribution >= 4 is 6.03 Å². The number of ether oxygens (including phenoxy) is 2. The SMILES string of the molecule is O=C(NC1CCOC2(CCCCC2)C1)N1CCC2(CCOC2)C1. The first-order chi connectivity index (χ1) is 11.2. The van der Waals surface area contributed by atoms with Crippen LogP contribution < -0.4 is 5.32 Å². The smallest absolute Gasteiger partial charge is 0.317 e. The maximum Gasteiger partial charge on any atom is 0.317 e. The van der Waals surface area contributed by atoms with E-state index in [0.29, 0.717) is 0 Å². The van der Waals surface area contributed by atoms with E-state index in [2.05, 4.69) is 5.32 Å². The quantitative estimate of drug-likeness (QED) is 0.807. The molecule has 0 radical (unpaired) electrons. The maximum absolute atomic E-state index is 12.7. The van der Waals surface area contributed by atoms with Crippen molar-refractivity contribution < 1.29 is 14.3 Å². The summed E-state index contributed by atoms with van der Waals surface area (Å²) in [6, 6.07) is 0.414. The molecular weight excluding hydrogens is 292 g/mol. The van der Waals surface area contributed by atoms with E-state index in [1.54, 1.807) is 0 Å². The van der Waals surface area contributed by atoms with Gasteiger partial charge in [-0.2, -0.15) is 0 Å². The van der Waals surface area contributed by atoms with E-state index in [9.17, 15) is 4.79 Å². The molecule has 5 heteroatoms. The standard InChI is InChI=1S/C18H30N2O3/c21-16(20-9-7-17(13-20)8-11-22-14-17)19-15-4-10-23-18(12-15)5-2-1-3-6-18/h15H,1-14H2,(H,19,21). The van der Waals surface area contributed by atoms with Gasteiger partial charge in [0.05, 0.1) is 12.2 Å². The summed E-state index contributed by atoms with van der Waals surface area (Å²) in [5.41, 5.74) is 0.303. The number of hydrogen-bond donors (Lipinski definition) is 1. The molecule has 4 fully saturated rings. The van der Waals surface area contributed by atoms with Crippen LogP contribution in [0.5, 0.6) is 0 Å². The highest BCUT2D eigenvalue weighted by atomic mass is 16.5. The normalized spacial score (nSPS) is 36.7. The second kappa shape index (κ2) is 6.25. The van der Waals surface area contributed by atoms with E-state index < -0.39 is 0 Å². The van der Waals surface area contributed by atoms with Gasteiger partial charge in [0.15, 0.2) is 0 Å². The van der Waals surface area contributed by atoms with E-state index >= 15 is 0 Å². The van der Waals surface area contributed by atoms with Crippen LogP contribution in [-0.2, 0) is 9.47 Å². The van der Waals surface area contributed by atoms with Crippen LogP contribution in [0.4, 0.5) is 4.79 Å². The number of urea groups is 1. The molecule has 2 spiro atoms. The van der Waals surface area contributed by atoms with Crippen molar-refractivity contribution in [2.24, 2.45) is 5.41 Å². The average Bonchev–Trinajstić information content (AvgIpc) is 3.19. The van der Waals surface area contributed by atoms with Crippen molar-refractivity contribution in [2.45, 2.75) is 69.4 Å². The molecule has 3 heterocycles. The lowest BCUT2D eigenvalue weighted by Gasteiger charge is -2.43. The Bertz CT molecular complexity index is 436. The minimum absolute atomic E-state index is 0.0555. The van der Waals surface area contributed by atoms with Crippen molar-refractivity contribution in [3.8, 4) is 0 Å². The Balaban J connectivity index is 1.32. The predicted octanol–water partition coefficient (Wildman–Crippen LogP) is 2.69. The molecule has 0 aromatic rings. The van der Waals surface area contributed by atoms with Crippen molar-refractivity contribution in [3.05, 3.63) is 0 Å². The molecule has 5 nitrogen and oxygen atoms in total. The molecule has 130 valence electrons. The number of hydrogen-bond acceptors (Lipinski definition) is 3. The second-order valence-corrected chi connectivity index (χ2v) is 8.21. The lowest BCUT2D eigenvalue weighted by molar-refractivity contribution is -0.108. The van der Waals surface area contributed by atoms with Crippen molar-refractivity contribution in [1.82, 2.24) is 10.2 Å². The van der Waals surface area contributed by atoms with Crippen LogP contribution in [0.25, 0.3) is 0 Å². The minimum Gasteiger partial charge on any atom is -0.381 e. The fourth-order valence-electron chi connectivity index (χ4n) is 5.04. The number of rotatable bonds is 1. The lowest BCUT2D eigenvalue weighted by Crippen LogP contribution is -2.52. The Morgan fingerprint density at radius 2 is 1.96 bits per heavy atom. The number of nitrogens with one attached hydrogen (secondary N) is 1. The third kappa shape index (κ3) is 3.22. The van der Waals surface area contributed by atoms with E-state index in [-0.39, 0.29) is 23.1 Å². The molecule has 0 aromatic heterocycles. The first kappa shape index (κ1) is 15.7. The highest BCUT2D eigenvalue weighted by Gasteiger charge is 2.44. The Morgan fingerprint density at radius 1 is 1.09 bits per heavy atom. The van der Waals surface area contributed by atoms with Crippen LogP contribution in [0, 0.1) is 5.41 Å². The molecule has 3 aliphatic heterocycles. The third-order valence-electron chi connectivity index (χ3n) is 6.50. The minimum atomic E-state index is 0.0555. The van der Waals surface area contributed by atoms with Gasteiger partial charge in [0.2, 0.25) is 0 Å². The first-order valence-electron chi connectivity index (χ1n) is 9.46. The zero-order valence-electron chi connectivity index (χ0n) is 14.1. The highest BCUT2D eigenvalue weighted by Crippen LogP contribution is 2.40. The van der Waals surface area contributed by atoms with Gasteiger partial charge >= 0.3 is 6.03 Å². The van der Waals surface area contributed by atoms with Crippen LogP contribution in [0.1, 0.15) is 57.8 Å². The van der Waals surface area contributed by atoms with Gasteiger partial charge in [0.1, 0.15) is 0 Å². The van der Waals surface area contributed by atoms with Crippen molar-refractivity contribution in [2.75, 3.05) is 32.9 Å². The van der Waals surface area contributed by atoms with Crippen molar-refractivity contribution in [3.63, 3.8) is 0 Å². The molecule has 3 saturated heterocycles. The van der Waals surface area contributed by atoms with Crippen LogP contribution in [0.2, 0.25) is 0 Å². The van der Waals surface area contributed by atoms with Crippen LogP contribution in [0.3, 0.4) is 0 Å². The molecule has 1 N–H and O–H groups in total. The lowest BCUT2D eigenvalue weighted by atomic mass is 9.78. The summed E-state index contributed by atoms with van der Waals surface area (Å²) in [4.78, 5) is 14.7. The first-order valence-corrected chi connectivity index (χ1v) is 9.46. The largest absolute Gasteiger partial charge is 0.381 e. The van der Waals surface area contributed by atoms with Gasteiger partial charge in [0.25, 0.3) is 0 Å². The number of amides is 2. The molecule has 0 aromatic carbocycles. The van der Waals surface area contributed by atoms with Gasteiger partial charge in [-0.15, -0.1) is 0 Å². The molecule has 0 bridgehead atoms. The summed E-state index contributed by atoms with van der Waals surface area (Å²) in [5, 5.41) is 3.30. The van der Waals surface area contributed by atoms with E-state index in [0.717, 1.165) is 58.6 Å². The highest BCUT2D eigenvalue weighted by molar-refractivity contribution is 5.75. The Labute approximate surface area is 139 Å². The van der Waals surface area contributed by atoms with Crippen LogP contribution in [-0.4, -0.2) is 55.5 Å². The van der Waals surface area contributed by atoms with Gasteiger partial charge in [-0.25, -0.2) is 4.79 Å². The topological polar surface area (TPSA) is 50.8 Å². The summed E-state index contributed by atoms with van der Waals surface area (Å²) in [5.74, 6) is 0. The number of carbonyl (C=O) groups is 1. The number of nitrogens with zero attached hydrogens (tertiary/aromatic N) is 1. The molecule has 4 aliphatic rings. The summed E-state index contributed by atoms with van der Waals surface area (Å²) in [6.07, 6.45) is 10.4. The van der Waals surface area contributed by atoms with Crippen LogP contribution in [0.15, 0.2) is 0 Å². The molecular formula is C18H30N2O3. The summed E-state index contributed by atoms with van der Waals surface area (Å²) < 4.78 is 11.7. The van der Waals surface area contributed by atoms with Gasteiger partial charge in [-0.3, -0.25) is 0 Å². The van der Waals surface area contributed by atoms with Gasteiger partial charge < -0.3 is 19.7 Å². The van der Waals surface area contributed by atoms with E-state index in [1.807, 2.05) is 4.90 Å². The monoisotopic (exact) mass is 322 g/mol. The molecule has 1 aliphatic carbocycles. The third-order valence-corrected chi connectivity index (χ3v) is 6.50. The second-order valence-electron chi connectivity index (χ2n) is 8.21. The zero-order chi connectivity index (χ0) is 15.8. The van der Waals surface area contributed by atoms with Gasteiger partial charge in [-0.1, -0.05) is 19.3 Å². The summed E-state index contributed by atoms with van der Waals surface area (Å²) >= 11 is 0. The molecule has 1 saturated carbocycles. The molecule has 4 rings (SSSR count). The van der Waals surface area contributed by atoms with E-state index in [1.165, 1.54) is 32.1 Å². The number of likely N-dealkylation sites (tertiary alicyclic amines) is 1. The molecule has 2 unspecified atom stereocenters. The Morgan fingerprint density at radius 3 is 2.74 bits per heavy atom. The van der Waals surface area contributed by atoms with Crippen molar-refractivity contribution in [1.29, 1.82) is 0 Å². The Kier molecular flexibility index (Phi) is 4.26. The predicted molar refractivity (Wildman–Crippen MR) is 87.4 cm³/mol. The number of carbonyl (C=O) groups excluding carboxylic acids is 1. The fraction of sp³-hybridized carbons (Fsp3) is 0.944. The average molecular weight is 322 g/mol.